The van der Waals surface area contributed by atoms with Crippen LogP contribution in [0.5, 0.6) is 0 Å². The molecule has 0 saturated carbocycles. The normalized spacial score (nSPS) is 12.3. The Bertz CT molecular complexity index is 1210. The number of hydrogen-bond donors (Lipinski definition) is 2. The first kappa shape index (κ1) is 17.7. The van der Waals surface area contributed by atoms with Crippen molar-refractivity contribution in [1.29, 1.82) is 5.26 Å². The van der Waals surface area contributed by atoms with Crippen LogP contribution >= 0.6 is 35.0 Å². The van der Waals surface area contributed by atoms with Crippen molar-refractivity contribution in [2.75, 3.05) is 5.75 Å². The molecule has 0 radical (unpaired) electrons. The average Bonchev–Trinajstić information content (AvgIpc) is 3.24. The van der Waals surface area contributed by atoms with Crippen LogP contribution in [0.15, 0.2) is 47.4 Å². The maximum absolute atomic E-state index is 10.4. The van der Waals surface area contributed by atoms with Gasteiger partial charge in [0.05, 0.1) is 26.8 Å². The Morgan fingerprint density at radius 3 is 2.89 bits per heavy atom. The molecule has 0 unspecified atom stereocenters. The number of benzene rings is 1. The summed E-state index contributed by atoms with van der Waals surface area (Å²) in [5, 5.41) is 29.3. The van der Waals surface area contributed by atoms with E-state index in [1.165, 1.54) is 11.8 Å². The third kappa shape index (κ3) is 3.32. The number of halogens is 2. The van der Waals surface area contributed by atoms with Gasteiger partial charge in [-0.1, -0.05) is 47.1 Å². The van der Waals surface area contributed by atoms with E-state index in [0.717, 1.165) is 5.52 Å². The second-order valence-electron chi connectivity index (χ2n) is 5.51. The van der Waals surface area contributed by atoms with E-state index in [0.29, 0.717) is 32.2 Å². The Balaban J connectivity index is 1.64. The van der Waals surface area contributed by atoms with Crippen molar-refractivity contribution in [2.45, 2.75) is 5.16 Å². The zero-order valence-corrected chi connectivity index (χ0v) is 15.8. The van der Waals surface area contributed by atoms with Gasteiger partial charge in [0.15, 0.2) is 16.6 Å². The fourth-order valence-electron chi connectivity index (χ4n) is 2.53. The fraction of sp³-hybridized carbons (Fsp3) is 0.0588. The molecule has 0 aliphatic rings. The molecule has 7 nitrogen and oxygen atoms in total. The van der Waals surface area contributed by atoms with Crippen molar-refractivity contribution in [3.63, 3.8) is 0 Å². The van der Waals surface area contributed by atoms with Gasteiger partial charge in [-0.2, -0.15) is 5.26 Å². The van der Waals surface area contributed by atoms with E-state index >= 15 is 0 Å². The predicted molar refractivity (Wildman–Crippen MR) is 105 cm³/mol. The molecule has 1 aromatic carbocycles. The minimum atomic E-state index is -0.119. The molecule has 0 atom stereocenters. The minimum absolute atomic E-state index is 0.0728. The summed E-state index contributed by atoms with van der Waals surface area (Å²) in [6, 6.07) is 11.0. The molecule has 4 aromatic rings. The highest BCUT2D eigenvalue weighted by molar-refractivity contribution is 7.99. The molecule has 0 amide bonds. The minimum Gasteiger partial charge on any atom is -0.510 e. The number of aliphatic hydroxyl groups is 1. The second-order valence-corrected chi connectivity index (χ2v) is 7.29. The predicted octanol–water partition coefficient (Wildman–Crippen LogP) is 4.50. The number of aromatic amines is 1. The number of para-hydroxylation sites is 2. The summed E-state index contributed by atoms with van der Waals surface area (Å²) in [7, 11) is 0. The van der Waals surface area contributed by atoms with Crippen molar-refractivity contribution in [1.82, 2.24) is 24.6 Å². The molecule has 134 valence electrons. The van der Waals surface area contributed by atoms with Crippen LogP contribution in [0.4, 0.5) is 0 Å². The SMILES string of the molecule is N#C/C(=C(/O)CSc1nnc2c(Cl)cc(Cl)cn12)c1nc2ccccc2[nH]1. The van der Waals surface area contributed by atoms with Crippen LogP contribution in [0, 0.1) is 11.3 Å². The molecule has 0 bridgehead atoms. The van der Waals surface area contributed by atoms with E-state index in [2.05, 4.69) is 20.2 Å². The summed E-state index contributed by atoms with van der Waals surface area (Å²) >= 11 is 13.3. The van der Waals surface area contributed by atoms with Gasteiger partial charge in [-0.25, -0.2) is 4.98 Å². The monoisotopic (exact) mass is 416 g/mol. The summed E-state index contributed by atoms with van der Waals surface area (Å²) < 4.78 is 1.63. The van der Waals surface area contributed by atoms with Gasteiger partial charge in [-0.05, 0) is 18.2 Å². The zero-order valence-electron chi connectivity index (χ0n) is 13.5. The van der Waals surface area contributed by atoms with Gasteiger partial charge in [0.1, 0.15) is 17.4 Å². The van der Waals surface area contributed by atoms with Gasteiger partial charge >= 0.3 is 0 Å². The number of nitriles is 1. The zero-order chi connectivity index (χ0) is 19.0. The summed E-state index contributed by atoms with van der Waals surface area (Å²) in [6.45, 7) is 0. The Hall–Kier alpha value is -2.73. The standard InChI is InChI=1S/C17H10Cl2N6OS/c18-9-5-11(19)16-23-24-17(25(16)7-9)27-8-14(26)10(6-20)15-21-12-3-1-2-4-13(12)22-15/h1-5,7,26H,8H2,(H,21,22)/b14-10-. The molecule has 3 heterocycles. The highest BCUT2D eigenvalue weighted by Gasteiger charge is 2.16. The quantitative estimate of drug-likeness (QED) is 0.288. The number of rotatable bonds is 4. The molecular formula is C17H10Cl2N6OS. The summed E-state index contributed by atoms with van der Waals surface area (Å²) in [6.07, 6.45) is 1.64. The highest BCUT2D eigenvalue weighted by Crippen LogP contribution is 2.27. The summed E-state index contributed by atoms with van der Waals surface area (Å²) in [4.78, 5) is 7.39. The van der Waals surface area contributed by atoms with Crippen LogP contribution < -0.4 is 0 Å². The third-order valence-electron chi connectivity index (χ3n) is 3.76. The van der Waals surface area contributed by atoms with Crippen molar-refractivity contribution in [3.8, 4) is 6.07 Å². The topological polar surface area (TPSA) is 103 Å². The fourth-order valence-corrected chi connectivity index (χ4v) is 3.83. The first-order valence-electron chi connectivity index (χ1n) is 7.66. The molecular weight excluding hydrogens is 407 g/mol. The Labute approximate surface area is 167 Å². The molecule has 4 rings (SSSR count). The number of imidazole rings is 1. The largest absolute Gasteiger partial charge is 0.510 e. The van der Waals surface area contributed by atoms with Crippen molar-refractivity contribution >= 4 is 57.2 Å². The first-order valence-corrected chi connectivity index (χ1v) is 9.41. The first-order chi connectivity index (χ1) is 13.1. The van der Waals surface area contributed by atoms with Crippen LogP contribution in [-0.2, 0) is 0 Å². The van der Waals surface area contributed by atoms with E-state index in [4.69, 9.17) is 23.2 Å². The number of fused-ring (bicyclic) bond motifs is 2. The van der Waals surface area contributed by atoms with Gasteiger partial charge < -0.3 is 10.1 Å². The molecule has 0 aliphatic heterocycles. The van der Waals surface area contributed by atoms with Gasteiger partial charge in [0, 0.05) is 6.20 Å². The van der Waals surface area contributed by atoms with Crippen LogP contribution in [0.2, 0.25) is 10.0 Å². The van der Waals surface area contributed by atoms with Crippen molar-refractivity contribution in [2.24, 2.45) is 0 Å². The van der Waals surface area contributed by atoms with E-state index in [1.807, 2.05) is 30.3 Å². The van der Waals surface area contributed by atoms with Crippen LogP contribution in [-0.4, -0.2) is 35.4 Å². The highest BCUT2D eigenvalue weighted by atomic mass is 35.5. The van der Waals surface area contributed by atoms with E-state index in [-0.39, 0.29) is 17.1 Å². The number of nitrogens with zero attached hydrogens (tertiary/aromatic N) is 5. The van der Waals surface area contributed by atoms with Gasteiger partial charge in [0.2, 0.25) is 0 Å². The molecule has 3 aromatic heterocycles. The molecule has 0 fully saturated rings. The van der Waals surface area contributed by atoms with Gasteiger partial charge in [-0.15, -0.1) is 10.2 Å². The lowest BCUT2D eigenvalue weighted by molar-refractivity contribution is 0.420. The molecule has 27 heavy (non-hydrogen) atoms. The molecule has 10 heteroatoms. The van der Waals surface area contributed by atoms with Crippen molar-refractivity contribution < 1.29 is 5.11 Å². The lowest BCUT2D eigenvalue weighted by Crippen LogP contribution is -1.96. The van der Waals surface area contributed by atoms with Crippen LogP contribution in [0.1, 0.15) is 5.82 Å². The number of nitrogens with one attached hydrogen (secondary N) is 1. The number of aliphatic hydroxyl groups excluding tert-OH is 1. The average molecular weight is 417 g/mol. The molecule has 2 N–H and O–H groups in total. The number of hydrogen-bond acceptors (Lipinski definition) is 6. The number of H-pyrrole nitrogens is 1. The number of aromatic nitrogens is 5. The summed E-state index contributed by atoms with van der Waals surface area (Å²) in [5.41, 5.74) is 2.04. The van der Waals surface area contributed by atoms with E-state index in [9.17, 15) is 10.4 Å². The Kier molecular flexibility index (Phi) is 4.66. The molecule has 0 spiro atoms. The smallest absolute Gasteiger partial charge is 0.196 e. The molecule has 0 aliphatic carbocycles. The van der Waals surface area contributed by atoms with Crippen LogP contribution in [0.3, 0.4) is 0 Å². The number of allylic oxidation sites excluding steroid dienone is 1. The van der Waals surface area contributed by atoms with Gasteiger partial charge in [-0.3, -0.25) is 4.40 Å². The third-order valence-corrected chi connectivity index (χ3v) is 5.20. The van der Waals surface area contributed by atoms with Crippen LogP contribution in [0.25, 0.3) is 22.3 Å². The lowest BCUT2D eigenvalue weighted by Gasteiger charge is -2.03. The maximum atomic E-state index is 10.4. The Morgan fingerprint density at radius 1 is 1.30 bits per heavy atom. The maximum Gasteiger partial charge on any atom is 0.196 e. The van der Waals surface area contributed by atoms with E-state index < -0.39 is 0 Å². The number of pyridine rings is 1. The Morgan fingerprint density at radius 2 is 2.11 bits per heavy atom. The summed E-state index contributed by atoms with van der Waals surface area (Å²) in [5.74, 6) is 0.297. The van der Waals surface area contributed by atoms with E-state index in [1.54, 1.807) is 16.7 Å². The number of thioether (sulfide) groups is 1. The second kappa shape index (κ2) is 7.12. The van der Waals surface area contributed by atoms with Crippen molar-refractivity contribution in [3.05, 3.63) is 58.2 Å². The molecule has 0 saturated heterocycles. The van der Waals surface area contributed by atoms with Gasteiger partial charge in [0.25, 0.3) is 0 Å². The lowest BCUT2D eigenvalue weighted by atomic mass is 10.2.